The van der Waals surface area contributed by atoms with Crippen LogP contribution in [0.4, 0.5) is 16.2 Å². The van der Waals surface area contributed by atoms with Gasteiger partial charge in [-0.25, -0.2) is 0 Å². The van der Waals surface area contributed by atoms with Crippen LogP contribution in [0.1, 0.15) is 16.7 Å². The van der Waals surface area contributed by atoms with Gasteiger partial charge in [-0.1, -0.05) is 41.9 Å². The Labute approximate surface area is 232 Å². The zero-order valence-electron chi connectivity index (χ0n) is 20.8. The van der Waals surface area contributed by atoms with E-state index in [1.807, 2.05) is 6.92 Å². The number of methoxy groups -OCH3 is 1. The molecule has 4 rings (SSSR count). The summed E-state index contributed by atoms with van der Waals surface area (Å²) >= 11 is 6.83. The molecule has 3 aromatic rings. The molecule has 3 amide bonds. The van der Waals surface area contributed by atoms with Gasteiger partial charge in [0.25, 0.3) is 22.7 Å². The van der Waals surface area contributed by atoms with E-state index in [2.05, 4.69) is 5.32 Å². The first kappa shape index (κ1) is 27.7. The average Bonchev–Trinajstić information content (AvgIpc) is 3.17. The Kier molecular flexibility index (Phi) is 8.52. The second-order valence-electron chi connectivity index (χ2n) is 8.36. The van der Waals surface area contributed by atoms with Crippen molar-refractivity contribution in [2.75, 3.05) is 19.0 Å². The molecule has 0 aliphatic carbocycles. The van der Waals surface area contributed by atoms with Crippen LogP contribution >= 0.6 is 23.4 Å². The van der Waals surface area contributed by atoms with E-state index in [1.165, 1.54) is 31.4 Å². The Balaban J connectivity index is 1.43. The maximum absolute atomic E-state index is 12.9. The fourth-order valence-electron chi connectivity index (χ4n) is 3.68. The van der Waals surface area contributed by atoms with E-state index in [-0.39, 0.29) is 29.3 Å². The number of amides is 3. The highest BCUT2D eigenvalue weighted by Gasteiger charge is 2.36. The van der Waals surface area contributed by atoms with Crippen LogP contribution < -0.4 is 14.8 Å². The topological polar surface area (TPSA) is 128 Å². The Morgan fingerprint density at radius 3 is 2.62 bits per heavy atom. The van der Waals surface area contributed by atoms with Crippen molar-refractivity contribution in [3.05, 3.63) is 97.4 Å². The van der Waals surface area contributed by atoms with E-state index in [4.69, 9.17) is 21.1 Å². The number of nitro groups is 1. The van der Waals surface area contributed by atoms with Crippen molar-refractivity contribution >= 4 is 57.9 Å². The van der Waals surface area contributed by atoms with Gasteiger partial charge in [0.05, 0.1) is 23.5 Å². The van der Waals surface area contributed by atoms with Crippen molar-refractivity contribution in [3.8, 4) is 11.5 Å². The standard InChI is InChI=1S/C27H22ClN3O7S/c1-16-7-9-19(13-20(16)28)29-25(32)15-38-22-10-8-17(11-23(22)37-2)12-24-26(33)30(27(34)39-24)14-18-5-3-4-6-21(18)31(35)36/h3-13H,14-15H2,1-2H3,(H,29,32)/b24-12-. The van der Waals surface area contributed by atoms with Crippen molar-refractivity contribution in [1.82, 2.24) is 4.90 Å². The predicted molar refractivity (Wildman–Crippen MR) is 148 cm³/mol. The van der Waals surface area contributed by atoms with Gasteiger partial charge in [0.2, 0.25) is 0 Å². The summed E-state index contributed by atoms with van der Waals surface area (Å²) < 4.78 is 11.0. The Morgan fingerprint density at radius 1 is 1.13 bits per heavy atom. The van der Waals surface area contributed by atoms with Crippen LogP contribution in [0.2, 0.25) is 5.02 Å². The number of carbonyl (C=O) groups is 3. The fraction of sp³-hybridized carbons (Fsp3) is 0.148. The zero-order valence-corrected chi connectivity index (χ0v) is 22.4. The molecule has 1 saturated heterocycles. The van der Waals surface area contributed by atoms with E-state index in [0.717, 1.165) is 22.2 Å². The van der Waals surface area contributed by atoms with Crippen molar-refractivity contribution in [1.29, 1.82) is 0 Å². The molecular weight excluding hydrogens is 546 g/mol. The SMILES string of the molecule is COc1cc(/C=C2\SC(=O)N(Cc3ccccc3[N+](=O)[O-])C2=O)ccc1OCC(=O)Nc1ccc(C)c(Cl)c1. The largest absolute Gasteiger partial charge is 0.493 e. The average molecular weight is 568 g/mol. The van der Waals surface area contributed by atoms with E-state index < -0.39 is 22.0 Å². The summed E-state index contributed by atoms with van der Waals surface area (Å²) in [5.74, 6) is -0.339. The second-order valence-corrected chi connectivity index (χ2v) is 9.77. The number of halogens is 1. The first-order valence-corrected chi connectivity index (χ1v) is 12.7. The molecule has 39 heavy (non-hydrogen) atoms. The molecule has 10 nitrogen and oxygen atoms in total. The lowest BCUT2D eigenvalue weighted by Gasteiger charge is -2.13. The van der Waals surface area contributed by atoms with E-state index >= 15 is 0 Å². The number of carbonyl (C=O) groups excluding carboxylic acids is 3. The molecule has 3 aromatic carbocycles. The van der Waals surface area contributed by atoms with Gasteiger partial charge >= 0.3 is 0 Å². The highest BCUT2D eigenvalue weighted by Crippen LogP contribution is 2.36. The normalized spacial score (nSPS) is 14.0. The van der Waals surface area contributed by atoms with Gasteiger partial charge in [-0.2, -0.15) is 0 Å². The number of ether oxygens (including phenoxy) is 2. The van der Waals surface area contributed by atoms with Crippen molar-refractivity contribution in [2.45, 2.75) is 13.5 Å². The van der Waals surface area contributed by atoms with Gasteiger partial charge in [0.1, 0.15) is 0 Å². The minimum atomic E-state index is -0.560. The third-order valence-electron chi connectivity index (χ3n) is 5.69. The molecule has 0 radical (unpaired) electrons. The van der Waals surface area contributed by atoms with Gasteiger partial charge in [-0.15, -0.1) is 0 Å². The van der Waals surface area contributed by atoms with Crippen molar-refractivity contribution in [2.24, 2.45) is 0 Å². The molecule has 0 spiro atoms. The Morgan fingerprint density at radius 2 is 1.90 bits per heavy atom. The van der Waals surface area contributed by atoms with Gasteiger partial charge in [-0.05, 0) is 60.2 Å². The van der Waals surface area contributed by atoms with Crippen molar-refractivity contribution in [3.63, 3.8) is 0 Å². The lowest BCUT2D eigenvalue weighted by Crippen LogP contribution is -2.27. The number of benzene rings is 3. The molecule has 1 aliphatic heterocycles. The minimum Gasteiger partial charge on any atom is -0.493 e. The molecule has 200 valence electrons. The number of hydrogen-bond donors (Lipinski definition) is 1. The molecule has 0 unspecified atom stereocenters. The molecule has 1 heterocycles. The first-order chi connectivity index (χ1) is 18.7. The van der Waals surface area contributed by atoms with Gasteiger partial charge < -0.3 is 14.8 Å². The van der Waals surface area contributed by atoms with Crippen LogP contribution in [-0.4, -0.2) is 40.6 Å². The van der Waals surface area contributed by atoms with Crippen molar-refractivity contribution < 1.29 is 28.8 Å². The number of rotatable bonds is 9. The Hall–Kier alpha value is -4.35. The van der Waals surface area contributed by atoms with Crippen LogP contribution in [0.25, 0.3) is 6.08 Å². The lowest BCUT2D eigenvalue weighted by atomic mass is 10.1. The molecule has 0 atom stereocenters. The summed E-state index contributed by atoms with van der Waals surface area (Å²) in [5, 5.41) is 14.0. The molecule has 0 saturated carbocycles. The van der Waals surface area contributed by atoms with Gasteiger partial charge in [0, 0.05) is 22.3 Å². The van der Waals surface area contributed by atoms with E-state index in [1.54, 1.807) is 42.5 Å². The first-order valence-electron chi connectivity index (χ1n) is 11.5. The van der Waals surface area contributed by atoms with Crippen LogP contribution in [0.15, 0.2) is 65.6 Å². The number of nitro benzene ring substituents is 1. The number of anilines is 1. The number of thioether (sulfide) groups is 1. The van der Waals surface area contributed by atoms with Crippen LogP contribution in [0.3, 0.4) is 0 Å². The molecule has 12 heteroatoms. The molecular formula is C27H22ClN3O7S. The number of imide groups is 1. The highest BCUT2D eigenvalue weighted by molar-refractivity contribution is 8.18. The maximum Gasteiger partial charge on any atom is 0.293 e. The predicted octanol–water partition coefficient (Wildman–Crippen LogP) is 5.82. The number of nitrogens with one attached hydrogen (secondary N) is 1. The summed E-state index contributed by atoms with van der Waals surface area (Å²) in [6, 6.07) is 15.9. The van der Waals surface area contributed by atoms with Crippen LogP contribution in [0, 0.1) is 17.0 Å². The number of para-hydroxylation sites is 1. The molecule has 0 aromatic heterocycles. The third-order valence-corrected chi connectivity index (χ3v) is 7.00. The molecule has 1 fully saturated rings. The second kappa shape index (κ2) is 12.0. The summed E-state index contributed by atoms with van der Waals surface area (Å²) in [5.41, 5.74) is 2.06. The van der Waals surface area contributed by atoms with Gasteiger partial charge in [-0.3, -0.25) is 29.4 Å². The third kappa shape index (κ3) is 6.57. The fourth-order valence-corrected chi connectivity index (χ4v) is 4.70. The summed E-state index contributed by atoms with van der Waals surface area (Å²) in [7, 11) is 1.43. The Bertz CT molecular complexity index is 1510. The van der Waals surface area contributed by atoms with Crippen LogP contribution in [0.5, 0.6) is 11.5 Å². The maximum atomic E-state index is 12.9. The zero-order chi connectivity index (χ0) is 28.1. The summed E-state index contributed by atoms with van der Waals surface area (Å²) in [4.78, 5) is 49.6. The number of hydrogen-bond acceptors (Lipinski definition) is 8. The summed E-state index contributed by atoms with van der Waals surface area (Å²) in [6.07, 6.45) is 1.52. The van der Waals surface area contributed by atoms with Crippen LogP contribution in [-0.2, 0) is 16.1 Å². The number of nitrogens with zero attached hydrogens (tertiary/aromatic N) is 2. The minimum absolute atomic E-state index is 0.158. The molecule has 1 N–H and O–H groups in total. The lowest BCUT2D eigenvalue weighted by molar-refractivity contribution is -0.385. The highest BCUT2D eigenvalue weighted by atomic mass is 35.5. The van der Waals surface area contributed by atoms with E-state index in [0.29, 0.717) is 27.8 Å². The molecule has 1 aliphatic rings. The summed E-state index contributed by atoms with van der Waals surface area (Å²) in [6.45, 7) is 1.36. The quantitative estimate of drug-likeness (QED) is 0.195. The monoisotopic (exact) mass is 567 g/mol. The smallest absolute Gasteiger partial charge is 0.293 e. The number of aryl methyl sites for hydroxylation is 1. The van der Waals surface area contributed by atoms with E-state index in [9.17, 15) is 24.5 Å². The van der Waals surface area contributed by atoms with Gasteiger partial charge in [0.15, 0.2) is 18.1 Å². The molecule has 0 bridgehead atoms.